The molecule has 0 fully saturated rings. The number of hydrogen-bond donors (Lipinski definition) is 0. The highest BCUT2D eigenvalue weighted by atomic mass is 35.5. The number of benzene rings is 2. The van der Waals surface area contributed by atoms with E-state index in [2.05, 4.69) is 0 Å². The van der Waals surface area contributed by atoms with Crippen molar-refractivity contribution in [1.29, 1.82) is 0 Å². The van der Waals surface area contributed by atoms with Gasteiger partial charge in [0.05, 0.1) is 5.57 Å². The van der Waals surface area contributed by atoms with Gasteiger partial charge in [0.25, 0.3) is 0 Å². The highest BCUT2D eigenvalue weighted by molar-refractivity contribution is 6.34. The number of fused-ring (bicyclic) bond motifs is 1. The zero-order chi connectivity index (χ0) is 16.4. The predicted molar refractivity (Wildman–Crippen MR) is 91.6 cm³/mol. The van der Waals surface area contributed by atoms with Crippen molar-refractivity contribution in [2.24, 2.45) is 0 Å². The van der Waals surface area contributed by atoms with Gasteiger partial charge in [-0.1, -0.05) is 29.3 Å². The SMILES string of the molecule is O=C(Oc1cc(Cl)cc(Cl)c1)C1=Cc2cc(CCl)ccc2OC1. The van der Waals surface area contributed by atoms with E-state index in [1.54, 1.807) is 12.1 Å². The molecule has 2 aromatic carbocycles. The molecule has 0 unspecified atom stereocenters. The topological polar surface area (TPSA) is 35.5 Å². The zero-order valence-corrected chi connectivity index (χ0v) is 14.1. The lowest BCUT2D eigenvalue weighted by molar-refractivity contribution is -0.130. The highest BCUT2D eigenvalue weighted by Gasteiger charge is 2.19. The van der Waals surface area contributed by atoms with E-state index in [0.717, 1.165) is 11.1 Å². The molecule has 0 saturated heterocycles. The molecule has 0 saturated carbocycles. The first kappa shape index (κ1) is 16.2. The van der Waals surface area contributed by atoms with Crippen LogP contribution < -0.4 is 9.47 Å². The van der Waals surface area contributed by atoms with Gasteiger partial charge in [0.1, 0.15) is 18.1 Å². The molecule has 0 spiro atoms. The van der Waals surface area contributed by atoms with Crippen LogP contribution in [-0.2, 0) is 10.7 Å². The second-order valence-corrected chi connectivity index (χ2v) is 6.10. The normalized spacial score (nSPS) is 12.9. The quantitative estimate of drug-likeness (QED) is 0.428. The van der Waals surface area contributed by atoms with Crippen LogP contribution >= 0.6 is 34.8 Å². The molecule has 0 aromatic heterocycles. The van der Waals surface area contributed by atoms with E-state index in [1.165, 1.54) is 12.1 Å². The number of ether oxygens (including phenoxy) is 2. The van der Waals surface area contributed by atoms with Gasteiger partial charge in [-0.2, -0.15) is 0 Å². The van der Waals surface area contributed by atoms with E-state index in [-0.39, 0.29) is 12.4 Å². The molecule has 0 atom stereocenters. The first-order chi connectivity index (χ1) is 11.0. The lowest BCUT2D eigenvalue weighted by Gasteiger charge is -2.17. The maximum absolute atomic E-state index is 12.3. The molecular formula is C17H11Cl3O3. The Morgan fingerprint density at radius 3 is 2.57 bits per heavy atom. The van der Waals surface area contributed by atoms with E-state index in [1.807, 2.05) is 18.2 Å². The second kappa shape index (κ2) is 6.83. The molecule has 0 N–H and O–H groups in total. The third kappa shape index (κ3) is 3.81. The van der Waals surface area contributed by atoms with Crippen LogP contribution in [0.2, 0.25) is 10.0 Å². The van der Waals surface area contributed by atoms with Crippen LogP contribution in [0.1, 0.15) is 11.1 Å². The Morgan fingerprint density at radius 2 is 1.87 bits per heavy atom. The van der Waals surface area contributed by atoms with Gasteiger partial charge >= 0.3 is 5.97 Å². The first-order valence-electron chi connectivity index (χ1n) is 6.75. The third-order valence-electron chi connectivity index (χ3n) is 3.25. The van der Waals surface area contributed by atoms with Crippen LogP contribution in [0.15, 0.2) is 42.0 Å². The van der Waals surface area contributed by atoms with E-state index in [0.29, 0.717) is 27.2 Å². The molecule has 0 bridgehead atoms. The summed E-state index contributed by atoms with van der Waals surface area (Å²) in [4.78, 5) is 12.3. The average molecular weight is 370 g/mol. The molecule has 3 nitrogen and oxygen atoms in total. The number of carbonyl (C=O) groups is 1. The molecule has 3 rings (SSSR count). The molecule has 1 aliphatic heterocycles. The van der Waals surface area contributed by atoms with E-state index >= 15 is 0 Å². The largest absolute Gasteiger partial charge is 0.488 e. The Labute approximate surface area is 148 Å². The number of alkyl halides is 1. The summed E-state index contributed by atoms with van der Waals surface area (Å²) in [5, 5.41) is 0.789. The fourth-order valence-corrected chi connectivity index (χ4v) is 2.86. The molecule has 6 heteroatoms. The van der Waals surface area contributed by atoms with Gasteiger partial charge in [-0.25, -0.2) is 4.79 Å². The van der Waals surface area contributed by atoms with Crippen molar-refractivity contribution in [2.45, 2.75) is 5.88 Å². The minimum atomic E-state index is -0.509. The van der Waals surface area contributed by atoms with Gasteiger partial charge in [0, 0.05) is 21.5 Å². The zero-order valence-electron chi connectivity index (χ0n) is 11.8. The second-order valence-electron chi connectivity index (χ2n) is 4.96. The first-order valence-corrected chi connectivity index (χ1v) is 8.05. The molecule has 0 aliphatic carbocycles. The number of rotatable bonds is 3. The number of halogens is 3. The third-order valence-corrected chi connectivity index (χ3v) is 4.00. The van der Waals surface area contributed by atoms with Crippen LogP contribution in [-0.4, -0.2) is 12.6 Å². The number of hydrogen-bond acceptors (Lipinski definition) is 3. The Balaban J connectivity index is 1.83. The monoisotopic (exact) mass is 368 g/mol. The van der Waals surface area contributed by atoms with E-state index < -0.39 is 5.97 Å². The highest BCUT2D eigenvalue weighted by Crippen LogP contribution is 2.29. The summed E-state index contributed by atoms with van der Waals surface area (Å²) < 4.78 is 10.9. The average Bonchev–Trinajstić information content (AvgIpc) is 2.52. The van der Waals surface area contributed by atoms with Crippen molar-refractivity contribution < 1.29 is 14.3 Å². The van der Waals surface area contributed by atoms with Crippen LogP contribution in [0.4, 0.5) is 0 Å². The Bertz CT molecular complexity index is 779. The summed E-state index contributed by atoms with van der Waals surface area (Å²) in [6, 6.07) is 10.2. The summed E-state index contributed by atoms with van der Waals surface area (Å²) in [6.07, 6.45) is 1.74. The van der Waals surface area contributed by atoms with Crippen molar-refractivity contribution in [1.82, 2.24) is 0 Å². The van der Waals surface area contributed by atoms with Gasteiger partial charge < -0.3 is 9.47 Å². The minimum Gasteiger partial charge on any atom is -0.488 e. The smallest absolute Gasteiger partial charge is 0.342 e. The Hall–Kier alpha value is -1.68. The summed E-state index contributed by atoms with van der Waals surface area (Å²) >= 11 is 17.6. The number of carbonyl (C=O) groups excluding carboxylic acids is 1. The van der Waals surface area contributed by atoms with Gasteiger partial charge in [-0.3, -0.25) is 0 Å². The maximum Gasteiger partial charge on any atom is 0.342 e. The van der Waals surface area contributed by atoms with Gasteiger partial charge in [-0.05, 0) is 42.0 Å². The van der Waals surface area contributed by atoms with Crippen LogP contribution in [0.5, 0.6) is 11.5 Å². The molecular weight excluding hydrogens is 359 g/mol. The van der Waals surface area contributed by atoms with Crippen LogP contribution in [0, 0.1) is 0 Å². The molecule has 1 aliphatic rings. The Morgan fingerprint density at radius 1 is 1.13 bits per heavy atom. The molecule has 2 aromatic rings. The molecule has 118 valence electrons. The van der Waals surface area contributed by atoms with Crippen molar-refractivity contribution in [2.75, 3.05) is 6.61 Å². The minimum absolute atomic E-state index is 0.139. The van der Waals surface area contributed by atoms with Crippen LogP contribution in [0.25, 0.3) is 6.08 Å². The predicted octanol–water partition coefficient (Wildman–Crippen LogP) is 5.11. The van der Waals surface area contributed by atoms with E-state index in [9.17, 15) is 4.79 Å². The fourth-order valence-electron chi connectivity index (χ4n) is 2.19. The summed E-state index contributed by atoms with van der Waals surface area (Å²) in [5.74, 6) is 0.877. The summed E-state index contributed by atoms with van der Waals surface area (Å²) in [5.41, 5.74) is 2.15. The lowest BCUT2D eigenvalue weighted by Crippen LogP contribution is -2.19. The Kier molecular flexibility index (Phi) is 4.81. The van der Waals surface area contributed by atoms with Gasteiger partial charge in [-0.15, -0.1) is 11.6 Å². The lowest BCUT2D eigenvalue weighted by atomic mass is 10.1. The summed E-state index contributed by atoms with van der Waals surface area (Å²) in [7, 11) is 0. The van der Waals surface area contributed by atoms with Crippen molar-refractivity contribution in [3.05, 3.63) is 63.1 Å². The summed E-state index contributed by atoms with van der Waals surface area (Å²) in [6.45, 7) is 0.139. The van der Waals surface area contributed by atoms with Crippen molar-refractivity contribution in [3.63, 3.8) is 0 Å². The van der Waals surface area contributed by atoms with Gasteiger partial charge in [0.15, 0.2) is 0 Å². The molecule has 0 radical (unpaired) electrons. The maximum atomic E-state index is 12.3. The standard InChI is InChI=1S/C17H11Cl3O3/c18-8-10-1-2-16-11(3-10)4-12(9-22-16)17(21)23-15-6-13(19)5-14(20)7-15/h1-7H,8-9H2. The number of esters is 1. The molecule has 23 heavy (non-hydrogen) atoms. The van der Waals surface area contributed by atoms with Crippen molar-refractivity contribution >= 4 is 46.8 Å². The fraction of sp³-hybridized carbons (Fsp3) is 0.118. The van der Waals surface area contributed by atoms with Crippen molar-refractivity contribution in [3.8, 4) is 11.5 Å². The molecule has 1 heterocycles. The van der Waals surface area contributed by atoms with E-state index in [4.69, 9.17) is 44.3 Å². The van der Waals surface area contributed by atoms with Crippen LogP contribution in [0.3, 0.4) is 0 Å². The molecule has 0 amide bonds. The van der Waals surface area contributed by atoms with Gasteiger partial charge in [0.2, 0.25) is 0 Å².